The molecule has 5 heteroatoms. The molecule has 1 heterocycles. The van der Waals surface area contributed by atoms with Crippen molar-refractivity contribution < 1.29 is 9.47 Å². The number of ether oxygens (including phenoxy) is 2. The second-order valence-electron chi connectivity index (χ2n) is 3.86. The van der Waals surface area contributed by atoms with Crippen molar-refractivity contribution in [3.05, 3.63) is 28.1 Å². The lowest BCUT2D eigenvalue weighted by molar-refractivity contribution is 0.288. The van der Waals surface area contributed by atoms with Gasteiger partial charge in [-0.3, -0.25) is 0 Å². The first-order valence-electron chi connectivity index (χ1n) is 6.10. The Morgan fingerprint density at radius 2 is 1.74 bits per heavy atom. The van der Waals surface area contributed by atoms with Crippen LogP contribution in [0.4, 0.5) is 5.69 Å². The zero-order valence-electron chi connectivity index (χ0n) is 10.9. The summed E-state index contributed by atoms with van der Waals surface area (Å²) in [5.74, 6) is 1.43. The van der Waals surface area contributed by atoms with Crippen molar-refractivity contribution in [3.8, 4) is 21.9 Å². The van der Waals surface area contributed by atoms with Gasteiger partial charge in [0.15, 0.2) is 11.5 Å². The van der Waals surface area contributed by atoms with Crippen LogP contribution in [-0.4, -0.2) is 13.2 Å². The lowest BCUT2D eigenvalue weighted by Gasteiger charge is -2.14. The molecule has 0 saturated heterocycles. The molecular formula is C14H16BrNO2S. The van der Waals surface area contributed by atoms with Gasteiger partial charge in [-0.1, -0.05) is 0 Å². The Labute approximate surface area is 125 Å². The van der Waals surface area contributed by atoms with Crippen LogP contribution in [-0.2, 0) is 0 Å². The first-order chi connectivity index (χ1) is 9.15. The Hall–Kier alpha value is -1.20. The number of anilines is 1. The molecule has 0 aliphatic carbocycles. The van der Waals surface area contributed by atoms with E-state index in [4.69, 9.17) is 15.2 Å². The Morgan fingerprint density at radius 1 is 1.11 bits per heavy atom. The van der Waals surface area contributed by atoms with E-state index in [-0.39, 0.29) is 0 Å². The molecule has 102 valence electrons. The van der Waals surface area contributed by atoms with Gasteiger partial charge in [-0.25, -0.2) is 0 Å². The van der Waals surface area contributed by atoms with Crippen LogP contribution in [0.5, 0.6) is 11.5 Å². The summed E-state index contributed by atoms with van der Waals surface area (Å²) >= 11 is 5.11. The molecule has 0 amide bonds. The van der Waals surface area contributed by atoms with E-state index >= 15 is 0 Å². The largest absolute Gasteiger partial charge is 0.490 e. The highest BCUT2D eigenvalue weighted by molar-refractivity contribution is 9.11. The second kappa shape index (κ2) is 6.30. The number of nitrogens with two attached hydrogens (primary N) is 1. The minimum absolute atomic E-state index is 0.587. The minimum Gasteiger partial charge on any atom is -0.490 e. The molecule has 0 aliphatic heterocycles. The van der Waals surface area contributed by atoms with Crippen molar-refractivity contribution in [2.24, 2.45) is 0 Å². The third-order valence-electron chi connectivity index (χ3n) is 2.55. The van der Waals surface area contributed by atoms with Crippen LogP contribution in [0.2, 0.25) is 0 Å². The number of hydrogen-bond donors (Lipinski definition) is 1. The van der Waals surface area contributed by atoms with E-state index in [1.165, 1.54) is 0 Å². The number of hydrogen-bond acceptors (Lipinski definition) is 4. The normalized spacial score (nSPS) is 10.5. The van der Waals surface area contributed by atoms with Crippen LogP contribution in [0.1, 0.15) is 13.8 Å². The molecule has 0 unspecified atom stereocenters. The van der Waals surface area contributed by atoms with E-state index in [1.54, 1.807) is 11.3 Å². The van der Waals surface area contributed by atoms with Gasteiger partial charge in [-0.05, 0) is 48.0 Å². The number of benzene rings is 1. The standard InChI is InChI=1S/C14H16BrNO2S/c1-3-17-11-7-9(13-5-6-14(15)19-13)10(16)8-12(11)18-4-2/h5-8H,3-4,16H2,1-2H3. The van der Waals surface area contributed by atoms with Gasteiger partial charge in [-0.2, -0.15) is 0 Å². The maximum absolute atomic E-state index is 6.11. The molecule has 3 nitrogen and oxygen atoms in total. The van der Waals surface area contributed by atoms with Crippen molar-refractivity contribution >= 4 is 33.0 Å². The van der Waals surface area contributed by atoms with Gasteiger partial charge >= 0.3 is 0 Å². The van der Waals surface area contributed by atoms with E-state index in [1.807, 2.05) is 38.1 Å². The van der Waals surface area contributed by atoms with Crippen LogP contribution in [0.3, 0.4) is 0 Å². The second-order valence-corrected chi connectivity index (χ2v) is 6.32. The molecule has 0 radical (unpaired) electrons. The average Bonchev–Trinajstić information content (AvgIpc) is 2.79. The number of nitrogen functional groups attached to an aromatic ring is 1. The maximum Gasteiger partial charge on any atom is 0.163 e. The topological polar surface area (TPSA) is 44.5 Å². The Bertz CT molecular complexity index is 569. The highest BCUT2D eigenvalue weighted by Crippen LogP contribution is 2.40. The molecule has 19 heavy (non-hydrogen) atoms. The van der Waals surface area contributed by atoms with Gasteiger partial charge in [0.25, 0.3) is 0 Å². The Morgan fingerprint density at radius 3 is 2.26 bits per heavy atom. The predicted octanol–water partition coefficient (Wildman–Crippen LogP) is 4.56. The van der Waals surface area contributed by atoms with Gasteiger partial charge in [0.05, 0.1) is 17.0 Å². The summed E-state index contributed by atoms with van der Waals surface area (Å²) < 4.78 is 12.3. The third kappa shape index (κ3) is 3.22. The van der Waals surface area contributed by atoms with Crippen LogP contribution in [0.15, 0.2) is 28.1 Å². The Kier molecular flexibility index (Phi) is 4.71. The fourth-order valence-electron chi connectivity index (χ4n) is 1.78. The van der Waals surface area contributed by atoms with Crippen LogP contribution in [0, 0.1) is 0 Å². The lowest BCUT2D eigenvalue weighted by Crippen LogP contribution is -2.00. The zero-order valence-corrected chi connectivity index (χ0v) is 13.3. The van der Waals surface area contributed by atoms with E-state index in [0.29, 0.717) is 24.7 Å². The lowest BCUT2D eigenvalue weighted by atomic mass is 10.1. The molecule has 0 aliphatic rings. The molecule has 2 N–H and O–H groups in total. The summed E-state index contributed by atoms with van der Waals surface area (Å²) in [7, 11) is 0. The van der Waals surface area contributed by atoms with Gasteiger partial charge in [0.1, 0.15) is 0 Å². The zero-order chi connectivity index (χ0) is 13.8. The molecule has 0 spiro atoms. The molecule has 1 aromatic heterocycles. The van der Waals surface area contributed by atoms with Gasteiger partial charge in [0, 0.05) is 22.2 Å². The quantitative estimate of drug-likeness (QED) is 0.811. The molecule has 2 rings (SSSR count). The van der Waals surface area contributed by atoms with Gasteiger partial charge in [0.2, 0.25) is 0 Å². The summed E-state index contributed by atoms with van der Waals surface area (Å²) in [6.45, 7) is 5.07. The molecule has 0 bridgehead atoms. The third-order valence-corrected chi connectivity index (χ3v) is 4.21. The summed E-state index contributed by atoms with van der Waals surface area (Å²) in [4.78, 5) is 1.10. The summed E-state index contributed by atoms with van der Waals surface area (Å²) in [5, 5.41) is 0. The maximum atomic E-state index is 6.11. The highest BCUT2D eigenvalue weighted by Gasteiger charge is 2.13. The van der Waals surface area contributed by atoms with Crippen molar-refractivity contribution in [1.82, 2.24) is 0 Å². The first kappa shape index (κ1) is 14.2. The van der Waals surface area contributed by atoms with Crippen molar-refractivity contribution in [2.45, 2.75) is 13.8 Å². The van der Waals surface area contributed by atoms with Crippen LogP contribution >= 0.6 is 27.3 Å². The van der Waals surface area contributed by atoms with E-state index < -0.39 is 0 Å². The minimum atomic E-state index is 0.587. The summed E-state index contributed by atoms with van der Waals surface area (Å²) in [5.41, 5.74) is 7.78. The van der Waals surface area contributed by atoms with E-state index in [2.05, 4.69) is 15.9 Å². The SMILES string of the molecule is CCOc1cc(N)c(-c2ccc(Br)s2)cc1OCC. The molecule has 0 saturated carbocycles. The van der Waals surface area contributed by atoms with Crippen LogP contribution in [0.25, 0.3) is 10.4 Å². The first-order valence-corrected chi connectivity index (χ1v) is 7.71. The molecule has 1 aromatic carbocycles. The molecule has 2 aromatic rings. The summed E-state index contributed by atoms with van der Waals surface area (Å²) in [6.07, 6.45) is 0. The number of halogens is 1. The van der Waals surface area contributed by atoms with Crippen molar-refractivity contribution in [3.63, 3.8) is 0 Å². The number of thiophene rings is 1. The predicted molar refractivity (Wildman–Crippen MR) is 84.2 cm³/mol. The Balaban J connectivity index is 2.47. The monoisotopic (exact) mass is 341 g/mol. The number of rotatable bonds is 5. The van der Waals surface area contributed by atoms with E-state index in [9.17, 15) is 0 Å². The van der Waals surface area contributed by atoms with Gasteiger partial charge < -0.3 is 15.2 Å². The molecular weight excluding hydrogens is 326 g/mol. The average molecular weight is 342 g/mol. The van der Waals surface area contributed by atoms with Crippen LogP contribution < -0.4 is 15.2 Å². The smallest absolute Gasteiger partial charge is 0.163 e. The molecule has 0 fully saturated rings. The highest BCUT2D eigenvalue weighted by atomic mass is 79.9. The fourth-order valence-corrected chi connectivity index (χ4v) is 3.21. The van der Waals surface area contributed by atoms with Gasteiger partial charge in [-0.15, -0.1) is 11.3 Å². The summed E-state index contributed by atoms with van der Waals surface area (Å²) in [6, 6.07) is 7.83. The molecule has 0 atom stereocenters. The van der Waals surface area contributed by atoms with Crippen molar-refractivity contribution in [2.75, 3.05) is 18.9 Å². The fraction of sp³-hybridized carbons (Fsp3) is 0.286. The van der Waals surface area contributed by atoms with Crippen molar-refractivity contribution in [1.29, 1.82) is 0 Å². The van der Waals surface area contributed by atoms with E-state index in [0.717, 1.165) is 20.0 Å².